The summed E-state index contributed by atoms with van der Waals surface area (Å²) in [5.74, 6) is 0.328. The summed E-state index contributed by atoms with van der Waals surface area (Å²) in [7, 11) is 0. The van der Waals surface area contributed by atoms with Crippen LogP contribution in [0.5, 0.6) is 5.75 Å². The molecule has 0 radical (unpaired) electrons. The van der Waals surface area contributed by atoms with E-state index in [1.165, 1.54) is 17.2 Å². The van der Waals surface area contributed by atoms with Crippen molar-refractivity contribution in [3.05, 3.63) is 71.3 Å². The van der Waals surface area contributed by atoms with E-state index in [1.54, 1.807) is 6.20 Å². The number of nitrogens with one attached hydrogen (secondary N) is 2. The van der Waals surface area contributed by atoms with Crippen molar-refractivity contribution in [2.24, 2.45) is 0 Å². The summed E-state index contributed by atoms with van der Waals surface area (Å²) < 4.78 is 20.7. The smallest absolute Gasteiger partial charge is 0.227 e. The van der Waals surface area contributed by atoms with E-state index in [0.29, 0.717) is 22.9 Å². The van der Waals surface area contributed by atoms with Crippen molar-refractivity contribution in [2.45, 2.75) is 39.8 Å². The van der Waals surface area contributed by atoms with E-state index in [4.69, 9.17) is 9.72 Å². The second-order valence-electron chi connectivity index (χ2n) is 8.89. The molecule has 0 spiro atoms. The number of ether oxygens (including phenoxy) is 1. The van der Waals surface area contributed by atoms with Crippen LogP contribution in [0.2, 0.25) is 0 Å². The van der Waals surface area contributed by atoms with Crippen LogP contribution in [0.4, 0.5) is 21.7 Å². The lowest BCUT2D eigenvalue weighted by Crippen LogP contribution is -2.35. The molecular formula is C26H28FN5O. The van der Waals surface area contributed by atoms with Crippen LogP contribution in [0.25, 0.3) is 11.3 Å². The molecule has 7 heteroatoms. The number of hydrogen-bond acceptors (Lipinski definition) is 6. The number of rotatable bonds is 4. The predicted molar refractivity (Wildman–Crippen MR) is 130 cm³/mol. The molecule has 3 heterocycles. The first-order valence-corrected chi connectivity index (χ1v) is 11.3. The van der Waals surface area contributed by atoms with Gasteiger partial charge in [-0.2, -0.15) is 0 Å². The Hall–Kier alpha value is -3.45. The first-order chi connectivity index (χ1) is 15.9. The molecule has 0 amide bonds. The van der Waals surface area contributed by atoms with Gasteiger partial charge in [-0.25, -0.2) is 14.4 Å². The number of hydrogen-bond donors (Lipinski definition) is 2. The van der Waals surface area contributed by atoms with Gasteiger partial charge in [0.15, 0.2) is 11.6 Å². The highest BCUT2D eigenvalue weighted by Gasteiger charge is 2.27. The lowest BCUT2D eigenvalue weighted by molar-refractivity contribution is 0.314. The van der Waals surface area contributed by atoms with Gasteiger partial charge in [-0.3, -0.25) is 0 Å². The molecule has 6 nitrogen and oxygen atoms in total. The molecule has 0 aliphatic carbocycles. The van der Waals surface area contributed by atoms with Crippen LogP contribution in [0.1, 0.15) is 30.5 Å². The van der Waals surface area contributed by atoms with Crippen molar-refractivity contribution in [3.8, 4) is 17.0 Å². The van der Waals surface area contributed by atoms with Crippen LogP contribution in [0.3, 0.4) is 0 Å². The van der Waals surface area contributed by atoms with E-state index in [0.717, 1.165) is 36.5 Å². The monoisotopic (exact) mass is 445 g/mol. The molecule has 0 saturated heterocycles. The van der Waals surface area contributed by atoms with Crippen LogP contribution >= 0.6 is 0 Å². The second-order valence-corrected chi connectivity index (χ2v) is 8.89. The lowest BCUT2D eigenvalue weighted by Gasteiger charge is -2.36. The molecule has 3 aromatic rings. The Labute approximate surface area is 193 Å². The van der Waals surface area contributed by atoms with Gasteiger partial charge in [0.25, 0.3) is 0 Å². The molecule has 0 saturated carbocycles. The average molecular weight is 446 g/mol. The van der Waals surface area contributed by atoms with Gasteiger partial charge in [-0.15, -0.1) is 0 Å². The summed E-state index contributed by atoms with van der Waals surface area (Å²) in [6.07, 6.45) is 2.76. The molecular weight excluding hydrogens is 417 g/mol. The summed E-state index contributed by atoms with van der Waals surface area (Å²) in [5.41, 5.74) is 7.29. The molecule has 2 aromatic carbocycles. The molecule has 2 aliphatic rings. The Morgan fingerprint density at radius 1 is 1.21 bits per heavy atom. The Bertz CT molecular complexity index is 1240. The van der Waals surface area contributed by atoms with Gasteiger partial charge in [0.05, 0.1) is 11.4 Å². The van der Waals surface area contributed by atoms with E-state index in [-0.39, 0.29) is 18.4 Å². The Kier molecular flexibility index (Phi) is 5.50. The quantitative estimate of drug-likeness (QED) is 0.583. The molecule has 33 heavy (non-hydrogen) atoms. The molecule has 0 fully saturated rings. The van der Waals surface area contributed by atoms with E-state index < -0.39 is 5.82 Å². The number of aromatic nitrogens is 2. The molecule has 5 rings (SSSR count). The largest absolute Gasteiger partial charge is 0.482 e. The number of aryl methyl sites for hydroxylation is 1. The Balaban J connectivity index is 1.51. The third kappa shape index (κ3) is 4.04. The summed E-state index contributed by atoms with van der Waals surface area (Å²) in [6, 6.07) is 9.85. The van der Waals surface area contributed by atoms with Gasteiger partial charge in [0.1, 0.15) is 6.61 Å². The van der Waals surface area contributed by atoms with Crippen molar-refractivity contribution < 1.29 is 9.13 Å². The molecule has 2 N–H and O–H groups in total. The van der Waals surface area contributed by atoms with Crippen molar-refractivity contribution in [1.29, 1.82) is 0 Å². The molecule has 2 aliphatic heterocycles. The maximum absolute atomic E-state index is 15.1. The van der Waals surface area contributed by atoms with Gasteiger partial charge < -0.3 is 20.3 Å². The van der Waals surface area contributed by atoms with Crippen molar-refractivity contribution >= 4 is 17.3 Å². The average Bonchev–Trinajstić information content (AvgIpc) is 2.79. The number of halogens is 1. The summed E-state index contributed by atoms with van der Waals surface area (Å²) in [5, 5.41) is 6.70. The van der Waals surface area contributed by atoms with Crippen LogP contribution < -0.4 is 20.3 Å². The standard InChI is InChI=1S/C26H28FN5O/c1-15(2)32-17(4)14-33-25-22(27)10-20(11-23(25)32)24-16(3)12-29-26(31-24)30-21-6-5-19-13-28-8-7-18(19)9-21/h5-6,9-12,15,28H,4,7-8,13-14H2,1-3H3,(H,29,30,31). The minimum atomic E-state index is -0.406. The molecule has 0 atom stereocenters. The fourth-order valence-corrected chi connectivity index (χ4v) is 4.55. The van der Waals surface area contributed by atoms with Gasteiger partial charge in [0, 0.05) is 35.7 Å². The van der Waals surface area contributed by atoms with E-state index in [2.05, 4.69) is 48.2 Å². The highest BCUT2D eigenvalue weighted by Crippen LogP contribution is 2.41. The highest BCUT2D eigenvalue weighted by molar-refractivity contribution is 5.76. The Morgan fingerprint density at radius 2 is 2.06 bits per heavy atom. The number of anilines is 3. The zero-order valence-electron chi connectivity index (χ0n) is 19.2. The second kappa shape index (κ2) is 8.48. The van der Waals surface area contributed by atoms with E-state index in [9.17, 15) is 0 Å². The van der Waals surface area contributed by atoms with Gasteiger partial charge in [-0.05, 0) is 74.7 Å². The SMILES string of the molecule is C=C1COc2c(F)cc(-c3nc(Nc4ccc5c(c4)CCNC5)ncc3C)cc2N1C(C)C. The lowest BCUT2D eigenvalue weighted by atomic mass is 10.0. The number of benzene rings is 2. The first-order valence-electron chi connectivity index (χ1n) is 11.3. The Morgan fingerprint density at radius 3 is 2.88 bits per heavy atom. The first kappa shape index (κ1) is 21.4. The highest BCUT2D eigenvalue weighted by atomic mass is 19.1. The van der Waals surface area contributed by atoms with Gasteiger partial charge in [0.2, 0.25) is 5.95 Å². The summed E-state index contributed by atoms with van der Waals surface area (Å²) >= 11 is 0. The zero-order chi connectivity index (χ0) is 23.1. The van der Waals surface area contributed by atoms with Crippen molar-refractivity contribution in [1.82, 2.24) is 15.3 Å². The molecule has 0 bridgehead atoms. The molecule has 1 aromatic heterocycles. The number of fused-ring (bicyclic) bond motifs is 2. The summed E-state index contributed by atoms with van der Waals surface area (Å²) in [4.78, 5) is 11.2. The van der Waals surface area contributed by atoms with Crippen LogP contribution in [-0.4, -0.2) is 29.2 Å². The fourth-order valence-electron chi connectivity index (χ4n) is 4.55. The number of nitrogens with zero attached hydrogens (tertiary/aromatic N) is 3. The normalized spacial score (nSPS) is 15.2. The third-order valence-electron chi connectivity index (χ3n) is 6.12. The van der Waals surface area contributed by atoms with Crippen molar-refractivity contribution in [3.63, 3.8) is 0 Å². The van der Waals surface area contributed by atoms with Crippen LogP contribution in [-0.2, 0) is 13.0 Å². The maximum atomic E-state index is 15.1. The third-order valence-corrected chi connectivity index (χ3v) is 6.12. The topological polar surface area (TPSA) is 62.3 Å². The minimum absolute atomic E-state index is 0.123. The molecule has 170 valence electrons. The summed E-state index contributed by atoms with van der Waals surface area (Å²) in [6.45, 7) is 12.3. The van der Waals surface area contributed by atoms with Crippen LogP contribution in [0, 0.1) is 12.7 Å². The van der Waals surface area contributed by atoms with Gasteiger partial charge >= 0.3 is 0 Å². The zero-order valence-corrected chi connectivity index (χ0v) is 19.2. The minimum Gasteiger partial charge on any atom is -0.482 e. The molecule has 0 unspecified atom stereocenters. The van der Waals surface area contributed by atoms with Crippen molar-refractivity contribution in [2.75, 3.05) is 23.4 Å². The van der Waals surface area contributed by atoms with E-state index in [1.807, 2.05) is 24.0 Å². The maximum Gasteiger partial charge on any atom is 0.227 e. The fraction of sp³-hybridized carbons (Fsp3) is 0.308. The van der Waals surface area contributed by atoms with Gasteiger partial charge in [-0.1, -0.05) is 12.6 Å². The van der Waals surface area contributed by atoms with Crippen LogP contribution in [0.15, 0.2) is 48.8 Å². The predicted octanol–water partition coefficient (Wildman–Crippen LogP) is 5.10. The van der Waals surface area contributed by atoms with E-state index >= 15 is 4.39 Å².